The summed E-state index contributed by atoms with van der Waals surface area (Å²) < 4.78 is 10.2. The SMILES string of the molecule is COc1ccc(CNCCC(=O)Nc2cccc(OC)c2)cc1. The summed E-state index contributed by atoms with van der Waals surface area (Å²) in [6.45, 7) is 1.33. The third-order valence-electron chi connectivity index (χ3n) is 3.37. The average Bonchev–Trinajstić information content (AvgIpc) is 2.59. The first-order chi connectivity index (χ1) is 11.2. The van der Waals surface area contributed by atoms with Crippen LogP contribution in [0.1, 0.15) is 12.0 Å². The van der Waals surface area contributed by atoms with E-state index in [1.54, 1.807) is 20.3 Å². The van der Waals surface area contributed by atoms with Gasteiger partial charge in [0.15, 0.2) is 0 Å². The molecule has 0 fully saturated rings. The molecule has 0 unspecified atom stereocenters. The van der Waals surface area contributed by atoms with Gasteiger partial charge < -0.3 is 20.1 Å². The number of hydrogen-bond donors (Lipinski definition) is 2. The topological polar surface area (TPSA) is 59.6 Å². The van der Waals surface area contributed by atoms with Crippen LogP contribution in [0.4, 0.5) is 5.69 Å². The van der Waals surface area contributed by atoms with Crippen molar-refractivity contribution in [2.45, 2.75) is 13.0 Å². The maximum absolute atomic E-state index is 11.9. The molecular formula is C18H22N2O3. The van der Waals surface area contributed by atoms with Gasteiger partial charge in [0.2, 0.25) is 5.91 Å². The van der Waals surface area contributed by atoms with Crippen LogP contribution in [0, 0.1) is 0 Å². The molecule has 5 heteroatoms. The van der Waals surface area contributed by atoms with E-state index in [1.165, 1.54) is 0 Å². The molecule has 5 nitrogen and oxygen atoms in total. The van der Waals surface area contributed by atoms with E-state index in [0.717, 1.165) is 29.3 Å². The number of hydrogen-bond acceptors (Lipinski definition) is 4. The van der Waals surface area contributed by atoms with Crippen LogP contribution in [-0.2, 0) is 11.3 Å². The van der Waals surface area contributed by atoms with Crippen molar-refractivity contribution in [2.24, 2.45) is 0 Å². The minimum Gasteiger partial charge on any atom is -0.497 e. The Hall–Kier alpha value is -2.53. The van der Waals surface area contributed by atoms with Crippen LogP contribution in [0.25, 0.3) is 0 Å². The van der Waals surface area contributed by atoms with Gasteiger partial charge in [0.25, 0.3) is 0 Å². The Morgan fingerprint density at radius 1 is 1.00 bits per heavy atom. The minimum absolute atomic E-state index is 0.0273. The summed E-state index contributed by atoms with van der Waals surface area (Å²) in [7, 11) is 3.25. The lowest BCUT2D eigenvalue weighted by atomic mass is 10.2. The van der Waals surface area contributed by atoms with Crippen LogP contribution in [-0.4, -0.2) is 26.7 Å². The van der Waals surface area contributed by atoms with Gasteiger partial charge in [-0.15, -0.1) is 0 Å². The molecule has 0 bridgehead atoms. The van der Waals surface area contributed by atoms with Gasteiger partial charge in [-0.05, 0) is 29.8 Å². The fourth-order valence-corrected chi connectivity index (χ4v) is 2.10. The lowest BCUT2D eigenvalue weighted by molar-refractivity contribution is -0.116. The maximum Gasteiger partial charge on any atom is 0.225 e. The molecule has 0 aromatic heterocycles. The quantitative estimate of drug-likeness (QED) is 0.736. The van der Waals surface area contributed by atoms with Crippen LogP contribution >= 0.6 is 0 Å². The molecule has 0 saturated carbocycles. The number of nitrogens with one attached hydrogen (secondary N) is 2. The van der Waals surface area contributed by atoms with E-state index in [0.29, 0.717) is 13.0 Å². The maximum atomic E-state index is 11.9. The molecule has 0 atom stereocenters. The zero-order valence-electron chi connectivity index (χ0n) is 13.5. The Bertz CT molecular complexity index is 626. The third kappa shape index (κ3) is 5.64. The first kappa shape index (κ1) is 16.8. The second kappa shape index (κ2) is 8.80. The largest absolute Gasteiger partial charge is 0.497 e. The number of methoxy groups -OCH3 is 2. The molecule has 0 saturated heterocycles. The van der Waals surface area contributed by atoms with Crippen molar-refractivity contribution < 1.29 is 14.3 Å². The highest BCUT2D eigenvalue weighted by Gasteiger charge is 2.03. The summed E-state index contributed by atoms with van der Waals surface area (Å²) in [5.74, 6) is 1.53. The fraction of sp³-hybridized carbons (Fsp3) is 0.278. The molecule has 2 rings (SSSR count). The van der Waals surface area contributed by atoms with Gasteiger partial charge in [-0.25, -0.2) is 0 Å². The Kier molecular flexibility index (Phi) is 6.44. The van der Waals surface area contributed by atoms with Crippen molar-refractivity contribution in [2.75, 3.05) is 26.1 Å². The third-order valence-corrected chi connectivity index (χ3v) is 3.37. The van der Waals surface area contributed by atoms with E-state index < -0.39 is 0 Å². The summed E-state index contributed by atoms with van der Waals surface area (Å²) in [5, 5.41) is 6.11. The number of anilines is 1. The van der Waals surface area contributed by atoms with Gasteiger partial charge >= 0.3 is 0 Å². The molecule has 0 spiro atoms. The van der Waals surface area contributed by atoms with E-state index in [2.05, 4.69) is 10.6 Å². The number of carbonyl (C=O) groups excluding carboxylic acids is 1. The van der Waals surface area contributed by atoms with Gasteiger partial charge in [0.1, 0.15) is 11.5 Å². The van der Waals surface area contributed by atoms with Gasteiger partial charge in [-0.2, -0.15) is 0 Å². The van der Waals surface area contributed by atoms with Crippen molar-refractivity contribution in [3.8, 4) is 11.5 Å². The lowest BCUT2D eigenvalue weighted by Gasteiger charge is -2.08. The predicted octanol–water partition coefficient (Wildman–Crippen LogP) is 2.82. The van der Waals surface area contributed by atoms with Crippen molar-refractivity contribution in [3.05, 3.63) is 54.1 Å². The summed E-state index contributed by atoms with van der Waals surface area (Å²) >= 11 is 0. The van der Waals surface area contributed by atoms with E-state index in [1.807, 2.05) is 42.5 Å². The standard InChI is InChI=1S/C18H22N2O3/c1-22-16-8-6-14(7-9-16)13-19-11-10-18(21)20-15-4-3-5-17(12-15)23-2/h3-9,12,19H,10-11,13H2,1-2H3,(H,20,21). The molecule has 122 valence electrons. The number of rotatable bonds is 8. The minimum atomic E-state index is -0.0273. The Labute approximate surface area is 136 Å². The van der Waals surface area contributed by atoms with Crippen molar-refractivity contribution >= 4 is 11.6 Å². The highest BCUT2D eigenvalue weighted by atomic mass is 16.5. The van der Waals surface area contributed by atoms with E-state index in [4.69, 9.17) is 9.47 Å². The Morgan fingerprint density at radius 2 is 1.74 bits per heavy atom. The van der Waals surface area contributed by atoms with Crippen LogP contribution in [0.15, 0.2) is 48.5 Å². The van der Waals surface area contributed by atoms with Gasteiger partial charge in [0, 0.05) is 31.3 Å². The second-order valence-corrected chi connectivity index (χ2v) is 5.05. The molecule has 0 aliphatic heterocycles. The van der Waals surface area contributed by atoms with Crippen molar-refractivity contribution in [1.82, 2.24) is 5.32 Å². The fourth-order valence-electron chi connectivity index (χ4n) is 2.10. The van der Waals surface area contributed by atoms with Crippen LogP contribution in [0.2, 0.25) is 0 Å². The zero-order valence-corrected chi connectivity index (χ0v) is 13.5. The van der Waals surface area contributed by atoms with E-state index in [9.17, 15) is 4.79 Å². The first-order valence-electron chi connectivity index (χ1n) is 7.49. The van der Waals surface area contributed by atoms with E-state index >= 15 is 0 Å². The second-order valence-electron chi connectivity index (χ2n) is 5.05. The van der Waals surface area contributed by atoms with Gasteiger partial charge in [-0.1, -0.05) is 18.2 Å². The first-order valence-corrected chi connectivity index (χ1v) is 7.49. The summed E-state index contributed by atoms with van der Waals surface area (Å²) in [6, 6.07) is 15.2. The molecule has 2 N–H and O–H groups in total. The lowest BCUT2D eigenvalue weighted by Crippen LogP contribution is -2.21. The van der Waals surface area contributed by atoms with Gasteiger partial charge in [-0.3, -0.25) is 4.79 Å². The summed E-state index contributed by atoms with van der Waals surface area (Å²) in [4.78, 5) is 11.9. The summed E-state index contributed by atoms with van der Waals surface area (Å²) in [5.41, 5.74) is 1.89. The molecule has 23 heavy (non-hydrogen) atoms. The highest BCUT2D eigenvalue weighted by Crippen LogP contribution is 2.16. The molecule has 2 aromatic carbocycles. The van der Waals surface area contributed by atoms with Crippen LogP contribution in [0.5, 0.6) is 11.5 Å². The summed E-state index contributed by atoms with van der Waals surface area (Å²) in [6.07, 6.45) is 0.410. The Balaban J connectivity index is 1.69. The smallest absolute Gasteiger partial charge is 0.225 e. The number of ether oxygens (including phenoxy) is 2. The van der Waals surface area contributed by atoms with E-state index in [-0.39, 0.29) is 5.91 Å². The molecule has 2 aromatic rings. The number of amides is 1. The zero-order chi connectivity index (χ0) is 16.5. The predicted molar refractivity (Wildman–Crippen MR) is 90.9 cm³/mol. The number of carbonyl (C=O) groups is 1. The molecule has 0 heterocycles. The molecule has 0 aliphatic carbocycles. The van der Waals surface area contributed by atoms with Crippen LogP contribution < -0.4 is 20.1 Å². The number of benzene rings is 2. The van der Waals surface area contributed by atoms with Crippen molar-refractivity contribution in [1.29, 1.82) is 0 Å². The molecule has 0 aliphatic rings. The molecule has 0 radical (unpaired) electrons. The normalized spacial score (nSPS) is 10.2. The van der Waals surface area contributed by atoms with Crippen molar-refractivity contribution in [3.63, 3.8) is 0 Å². The average molecular weight is 314 g/mol. The van der Waals surface area contributed by atoms with Gasteiger partial charge in [0.05, 0.1) is 14.2 Å². The Morgan fingerprint density at radius 3 is 2.43 bits per heavy atom. The monoisotopic (exact) mass is 314 g/mol. The van der Waals surface area contributed by atoms with Crippen LogP contribution in [0.3, 0.4) is 0 Å². The highest BCUT2D eigenvalue weighted by molar-refractivity contribution is 5.90. The molecular weight excluding hydrogens is 292 g/mol. The molecule has 1 amide bonds.